The van der Waals surface area contributed by atoms with Crippen molar-refractivity contribution in [3.05, 3.63) is 39.4 Å². The molecule has 0 bridgehead atoms. The fourth-order valence-corrected chi connectivity index (χ4v) is 2.84. The number of nitrogens with one attached hydrogen (secondary N) is 2. The molecule has 0 saturated carbocycles. The molecule has 104 valence electrons. The predicted molar refractivity (Wildman–Crippen MR) is 76.6 cm³/mol. The van der Waals surface area contributed by atoms with E-state index in [1.807, 2.05) is 0 Å². The van der Waals surface area contributed by atoms with Gasteiger partial charge in [-0.2, -0.15) is 0 Å². The molecule has 20 heavy (non-hydrogen) atoms. The lowest BCUT2D eigenvalue weighted by Gasteiger charge is -2.05. The molecule has 0 aliphatic heterocycles. The molecule has 0 radical (unpaired) electrons. The minimum atomic E-state index is -1.11. The van der Waals surface area contributed by atoms with Gasteiger partial charge >= 0.3 is 5.97 Å². The Bertz CT molecular complexity index is 634. The summed E-state index contributed by atoms with van der Waals surface area (Å²) in [7, 11) is 0. The monoisotopic (exact) mass is 310 g/mol. The van der Waals surface area contributed by atoms with E-state index in [9.17, 15) is 14.4 Å². The van der Waals surface area contributed by atoms with Crippen LogP contribution in [0.1, 0.15) is 20.0 Å². The van der Waals surface area contributed by atoms with E-state index >= 15 is 0 Å². The number of hydrogen-bond donors (Lipinski definition) is 3. The summed E-state index contributed by atoms with van der Waals surface area (Å²) in [6.07, 6.45) is 0. The van der Waals surface area contributed by atoms with E-state index in [0.29, 0.717) is 4.88 Å². The average molecular weight is 310 g/mol. The molecule has 8 heteroatoms. The number of carboxylic acid groups (broad SMARTS) is 1. The number of carbonyl (C=O) groups is 3. The third kappa shape index (κ3) is 3.43. The van der Waals surface area contributed by atoms with Gasteiger partial charge in [0.1, 0.15) is 5.00 Å². The minimum absolute atomic E-state index is 0.0351. The van der Waals surface area contributed by atoms with E-state index in [4.69, 9.17) is 5.11 Å². The van der Waals surface area contributed by atoms with Crippen molar-refractivity contribution in [2.75, 3.05) is 11.9 Å². The van der Waals surface area contributed by atoms with Crippen LogP contribution in [0.3, 0.4) is 0 Å². The maximum Gasteiger partial charge on any atom is 0.338 e. The van der Waals surface area contributed by atoms with Crippen molar-refractivity contribution >= 4 is 45.5 Å². The number of carbonyl (C=O) groups excluding carboxylic acids is 2. The first-order chi connectivity index (χ1) is 9.58. The van der Waals surface area contributed by atoms with Crippen LogP contribution in [0.5, 0.6) is 0 Å². The molecule has 2 aromatic rings. The molecular weight excluding hydrogens is 300 g/mol. The Hall–Kier alpha value is -2.19. The van der Waals surface area contributed by atoms with Crippen LogP contribution in [0.25, 0.3) is 0 Å². The van der Waals surface area contributed by atoms with Crippen molar-refractivity contribution in [3.63, 3.8) is 0 Å². The summed E-state index contributed by atoms with van der Waals surface area (Å²) in [5, 5.41) is 17.4. The molecular formula is C12H10N2O4S2. The van der Waals surface area contributed by atoms with Crippen molar-refractivity contribution in [2.45, 2.75) is 0 Å². The number of thiophene rings is 2. The van der Waals surface area contributed by atoms with E-state index in [-0.39, 0.29) is 23.0 Å². The Morgan fingerprint density at radius 2 is 1.95 bits per heavy atom. The third-order valence-electron chi connectivity index (χ3n) is 2.30. The predicted octanol–water partition coefficient (Wildman–Crippen LogP) is 1.88. The van der Waals surface area contributed by atoms with Crippen molar-refractivity contribution in [1.29, 1.82) is 0 Å². The van der Waals surface area contributed by atoms with Gasteiger partial charge in [0.25, 0.3) is 5.91 Å². The molecule has 0 unspecified atom stereocenters. The molecule has 2 heterocycles. The first kappa shape index (κ1) is 14.2. The van der Waals surface area contributed by atoms with Crippen LogP contribution in [-0.4, -0.2) is 29.4 Å². The molecule has 3 N–H and O–H groups in total. The number of anilines is 1. The van der Waals surface area contributed by atoms with Crippen LogP contribution in [0.4, 0.5) is 5.00 Å². The number of amides is 2. The Morgan fingerprint density at radius 3 is 2.60 bits per heavy atom. The van der Waals surface area contributed by atoms with Gasteiger partial charge in [-0.05, 0) is 22.9 Å². The van der Waals surface area contributed by atoms with Crippen molar-refractivity contribution in [1.82, 2.24) is 5.32 Å². The zero-order valence-corrected chi connectivity index (χ0v) is 11.7. The highest BCUT2D eigenvalue weighted by atomic mass is 32.1. The summed E-state index contributed by atoms with van der Waals surface area (Å²) in [5.41, 5.74) is 0.0351. The van der Waals surface area contributed by atoms with Gasteiger partial charge in [-0.15, -0.1) is 22.7 Å². The number of rotatable bonds is 5. The largest absolute Gasteiger partial charge is 0.478 e. The second kappa shape index (κ2) is 6.31. The maximum absolute atomic E-state index is 11.7. The summed E-state index contributed by atoms with van der Waals surface area (Å²) in [6, 6.07) is 4.80. The SMILES string of the molecule is O=C(CNC(=O)c1cccs1)Nc1sccc1C(=O)O. The van der Waals surface area contributed by atoms with Crippen LogP contribution in [0.2, 0.25) is 0 Å². The Labute approximate surface area is 122 Å². The smallest absolute Gasteiger partial charge is 0.338 e. The fourth-order valence-electron chi connectivity index (χ4n) is 1.40. The number of hydrogen-bond acceptors (Lipinski definition) is 5. The minimum Gasteiger partial charge on any atom is -0.478 e. The molecule has 6 nitrogen and oxygen atoms in total. The van der Waals surface area contributed by atoms with Gasteiger partial charge in [-0.3, -0.25) is 9.59 Å². The summed E-state index contributed by atoms with van der Waals surface area (Å²) in [6.45, 7) is -0.215. The van der Waals surface area contributed by atoms with E-state index in [1.54, 1.807) is 22.9 Å². The summed E-state index contributed by atoms with van der Waals surface area (Å²) in [4.78, 5) is 34.7. The van der Waals surface area contributed by atoms with E-state index in [2.05, 4.69) is 10.6 Å². The van der Waals surface area contributed by atoms with Gasteiger partial charge in [-0.25, -0.2) is 4.79 Å². The highest BCUT2D eigenvalue weighted by Crippen LogP contribution is 2.22. The van der Waals surface area contributed by atoms with Crippen molar-refractivity contribution in [3.8, 4) is 0 Å². The van der Waals surface area contributed by atoms with Crippen LogP contribution in [0, 0.1) is 0 Å². The fraction of sp³-hybridized carbons (Fsp3) is 0.0833. The molecule has 0 spiro atoms. The van der Waals surface area contributed by atoms with Crippen LogP contribution < -0.4 is 10.6 Å². The van der Waals surface area contributed by atoms with Crippen LogP contribution >= 0.6 is 22.7 Å². The van der Waals surface area contributed by atoms with Gasteiger partial charge in [0.05, 0.1) is 17.0 Å². The van der Waals surface area contributed by atoms with Gasteiger partial charge in [0.2, 0.25) is 5.91 Å². The van der Waals surface area contributed by atoms with Gasteiger partial charge in [0.15, 0.2) is 0 Å². The second-order valence-corrected chi connectivity index (χ2v) is 5.54. The molecule has 2 rings (SSSR count). The molecule has 0 saturated heterocycles. The highest BCUT2D eigenvalue weighted by molar-refractivity contribution is 7.14. The van der Waals surface area contributed by atoms with Gasteiger partial charge in [-0.1, -0.05) is 6.07 Å². The number of carboxylic acids is 1. The lowest BCUT2D eigenvalue weighted by atomic mass is 10.3. The van der Waals surface area contributed by atoms with Crippen molar-refractivity contribution in [2.24, 2.45) is 0 Å². The lowest BCUT2D eigenvalue weighted by Crippen LogP contribution is -2.32. The molecule has 0 fully saturated rings. The summed E-state index contributed by atoms with van der Waals surface area (Å²) in [5.74, 6) is -1.91. The molecule has 2 aromatic heterocycles. The standard InChI is InChI=1S/C12H10N2O4S2/c15-9(6-13-10(16)8-2-1-4-19-8)14-11-7(12(17)18)3-5-20-11/h1-5H,6H2,(H,13,16)(H,14,15)(H,17,18). The van der Waals surface area contributed by atoms with Crippen LogP contribution in [-0.2, 0) is 4.79 Å². The second-order valence-electron chi connectivity index (χ2n) is 3.68. The quantitative estimate of drug-likeness (QED) is 0.785. The van der Waals surface area contributed by atoms with Crippen LogP contribution in [0.15, 0.2) is 29.0 Å². The van der Waals surface area contributed by atoms with E-state index < -0.39 is 11.9 Å². The van der Waals surface area contributed by atoms with Crippen molar-refractivity contribution < 1.29 is 19.5 Å². The molecule has 0 aromatic carbocycles. The highest BCUT2D eigenvalue weighted by Gasteiger charge is 2.14. The van der Waals surface area contributed by atoms with Gasteiger partial charge < -0.3 is 15.7 Å². The third-order valence-corrected chi connectivity index (χ3v) is 4.00. The number of aromatic carboxylic acids is 1. The maximum atomic E-state index is 11.7. The molecule has 2 amide bonds. The van der Waals surface area contributed by atoms with Gasteiger partial charge in [0, 0.05) is 0 Å². The normalized spacial score (nSPS) is 10.0. The topological polar surface area (TPSA) is 95.5 Å². The molecule has 0 aliphatic rings. The molecule has 0 atom stereocenters. The summed E-state index contributed by atoms with van der Waals surface area (Å²) >= 11 is 2.39. The zero-order chi connectivity index (χ0) is 14.5. The zero-order valence-electron chi connectivity index (χ0n) is 10.1. The molecule has 0 aliphatic carbocycles. The Morgan fingerprint density at radius 1 is 1.15 bits per heavy atom. The summed E-state index contributed by atoms with van der Waals surface area (Å²) < 4.78 is 0. The first-order valence-electron chi connectivity index (χ1n) is 5.50. The Kier molecular flexibility index (Phi) is 4.49. The van der Waals surface area contributed by atoms with E-state index in [0.717, 1.165) is 11.3 Å². The lowest BCUT2D eigenvalue weighted by molar-refractivity contribution is -0.115. The van der Waals surface area contributed by atoms with E-state index in [1.165, 1.54) is 17.4 Å². The first-order valence-corrected chi connectivity index (χ1v) is 7.26. The Balaban J connectivity index is 1.88. The average Bonchev–Trinajstić information content (AvgIpc) is 3.06.